The highest BCUT2D eigenvalue weighted by atomic mass is 19.1. The third-order valence-corrected chi connectivity index (χ3v) is 1.47. The van der Waals surface area contributed by atoms with E-state index in [0.717, 1.165) is 5.56 Å². The second-order valence-corrected chi connectivity index (χ2v) is 2.60. The third-order valence-electron chi connectivity index (χ3n) is 1.47. The van der Waals surface area contributed by atoms with Crippen molar-refractivity contribution in [3.8, 4) is 0 Å². The van der Waals surface area contributed by atoms with Crippen LogP contribution in [-0.4, -0.2) is 0 Å². The molecule has 1 rings (SSSR count). The summed E-state index contributed by atoms with van der Waals surface area (Å²) in [7, 11) is 0. The summed E-state index contributed by atoms with van der Waals surface area (Å²) in [6, 6.07) is 7.55. The highest BCUT2D eigenvalue weighted by Gasteiger charge is 2.02. The van der Waals surface area contributed by atoms with Crippen LogP contribution in [0.15, 0.2) is 18.2 Å². The van der Waals surface area contributed by atoms with E-state index in [1.165, 1.54) is 6.07 Å². The molecule has 0 atom stereocenters. The average molecular weight is 137 g/mol. The van der Waals surface area contributed by atoms with Gasteiger partial charge in [0.05, 0.1) is 0 Å². The van der Waals surface area contributed by atoms with Crippen molar-refractivity contribution in [3.63, 3.8) is 0 Å². The lowest BCUT2D eigenvalue weighted by atomic mass is 10.0. The number of rotatable bonds is 1. The summed E-state index contributed by atoms with van der Waals surface area (Å²) in [4.78, 5) is 0. The van der Waals surface area contributed by atoms with Crippen LogP contribution in [0.1, 0.15) is 25.3 Å². The molecular formula is C9H10F. The minimum Gasteiger partial charge on any atom is -0.207 e. The van der Waals surface area contributed by atoms with Gasteiger partial charge in [-0.2, -0.15) is 0 Å². The first-order valence-corrected chi connectivity index (χ1v) is 3.37. The zero-order valence-electron chi connectivity index (χ0n) is 6.19. The second-order valence-electron chi connectivity index (χ2n) is 2.60. The number of hydrogen-bond donors (Lipinski definition) is 0. The molecule has 0 nitrogen and oxygen atoms in total. The molecule has 1 aromatic carbocycles. The van der Waals surface area contributed by atoms with Gasteiger partial charge in [-0.15, -0.1) is 0 Å². The lowest BCUT2D eigenvalue weighted by molar-refractivity contribution is 0.598. The fourth-order valence-electron chi connectivity index (χ4n) is 0.890. The lowest BCUT2D eigenvalue weighted by Gasteiger charge is -2.04. The normalized spacial score (nSPS) is 10.4. The molecule has 0 unspecified atom stereocenters. The SMILES string of the molecule is CC(C)c1cc[c]cc1F. The number of benzene rings is 1. The van der Waals surface area contributed by atoms with Gasteiger partial charge in [-0.05, 0) is 23.6 Å². The Morgan fingerprint density at radius 2 is 2.20 bits per heavy atom. The lowest BCUT2D eigenvalue weighted by Crippen LogP contribution is -1.90. The quantitative estimate of drug-likeness (QED) is 0.558. The molecule has 0 aromatic heterocycles. The molecule has 0 saturated heterocycles. The molecular weight excluding hydrogens is 127 g/mol. The van der Waals surface area contributed by atoms with Gasteiger partial charge in [0.15, 0.2) is 0 Å². The fraction of sp³-hybridized carbons (Fsp3) is 0.333. The first kappa shape index (κ1) is 7.26. The Morgan fingerprint density at radius 3 is 2.60 bits per heavy atom. The number of halogens is 1. The van der Waals surface area contributed by atoms with Crippen molar-refractivity contribution in [2.45, 2.75) is 19.8 Å². The Hall–Kier alpha value is -0.850. The highest BCUT2D eigenvalue weighted by Crippen LogP contribution is 2.16. The summed E-state index contributed by atoms with van der Waals surface area (Å²) >= 11 is 0. The predicted octanol–water partition coefficient (Wildman–Crippen LogP) is 2.75. The van der Waals surface area contributed by atoms with Gasteiger partial charge in [0.1, 0.15) is 5.82 Å². The smallest absolute Gasteiger partial charge is 0.127 e. The molecule has 0 saturated carbocycles. The summed E-state index contributed by atoms with van der Waals surface area (Å²) in [6.45, 7) is 3.94. The summed E-state index contributed by atoms with van der Waals surface area (Å²) < 4.78 is 12.8. The molecule has 0 aliphatic rings. The van der Waals surface area contributed by atoms with Crippen molar-refractivity contribution in [1.29, 1.82) is 0 Å². The van der Waals surface area contributed by atoms with Crippen LogP contribution >= 0.6 is 0 Å². The Morgan fingerprint density at radius 1 is 1.50 bits per heavy atom. The van der Waals surface area contributed by atoms with Crippen LogP contribution in [0.25, 0.3) is 0 Å². The first-order valence-electron chi connectivity index (χ1n) is 3.37. The summed E-state index contributed by atoms with van der Waals surface area (Å²) in [5.41, 5.74) is 0.763. The Kier molecular flexibility index (Phi) is 2.05. The van der Waals surface area contributed by atoms with Crippen LogP contribution in [0.2, 0.25) is 0 Å². The standard InChI is InChI=1S/C9H10F/c1-7(2)8-5-3-4-6-9(8)10/h3,5-7H,1-2H3. The molecule has 0 heterocycles. The molecule has 0 aliphatic heterocycles. The van der Waals surface area contributed by atoms with Crippen LogP contribution in [0.3, 0.4) is 0 Å². The van der Waals surface area contributed by atoms with Gasteiger partial charge in [-0.1, -0.05) is 26.0 Å². The van der Waals surface area contributed by atoms with Crippen molar-refractivity contribution in [2.24, 2.45) is 0 Å². The Balaban J connectivity index is 3.03. The molecule has 0 bridgehead atoms. The second kappa shape index (κ2) is 2.82. The summed E-state index contributed by atoms with van der Waals surface area (Å²) in [5, 5.41) is 0. The fourth-order valence-corrected chi connectivity index (χ4v) is 0.890. The number of hydrogen-bond acceptors (Lipinski definition) is 0. The third kappa shape index (κ3) is 1.35. The summed E-state index contributed by atoms with van der Waals surface area (Å²) in [6.07, 6.45) is 0. The highest BCUT2D eigenvalue weighted by molar-refractivity contribution is 5.19. The maximum absolute atomic E-state index is 12.8. The zero-order chi connectivity index (χ0) is 7.56. The molecule has 10 heavy (non-hydrogen) atoms. The van der Waals surface area contributed by atoms with Crippen LogP contribution in [0.5, 0.6) is 0 Å². The minimum atomic E-state index is -0.155. The van der Waals surface area contributed by atoms with E-state index >= 15 is 0 Å². The van der Waals surface area contributed by atoms with E-state index in [4.69, 9.17) is 0 Å². The molecule has 0 fully saturated rings. The van der Waals surface area contributed by atoms with Crippen LogP contribution in [0, 0.1) is 11.9 Å². The monoisotopic (exact) mass is 137 g/mol. The van der Waals surface area contributed by atoms with Gasteiger partial charge in [0.25, 0.3) is 0 Å². The molecule has 1 radical (unpaired) electrons. The summed E-state index contributed by atoms with van der Waals surface area (Å²) in [5.74, 6) is 0.104. The maximum Gasteiger partial charge on any atom is 0.127 e. The van der Waals surface area contributed by atoms with Crippen LogP contribution in [0.4, 0.5) is 4.39 Å². The molecule has 53 valence electrons. The maximum atomic E-state index is 12.8. The topological polar surface area (TPSA) is 0 Å². The molecule has 0 aliphatic carbocycles. The van der Waals surface area contributed by atoms with Crippen molar-refractivity contribution < 1.29 is 4.39 Å². The molecule has 0 amide bonds. The van der Waals surface area contributed by atoms with E-state index in [1.54, 1.807) is 12.1 Å². The van der Waals surface area contributed by atoms with Gasteiger partial charge >= 0.3 is 0 Å². The van der Waals surface area contributed by atoms with E-state index in [9.17, 15) is 4.39 Å². The molecule has 1 heteroatoms. The Bertz CT molecular complexity index is 216. The van der Waals surface area contributed by atoms with Gasteiger partial charge in [0.2, 0.25) is 0 Å². The first-order chi connectivity index (χ1) is 4.72. The molecule has 0 spiro atoms. The Labute approximate surface area is 60.7 Å². The van der Waals surface area contributed by atoms with Crippen LogP contribution in [-0.2, 0) is 0 Å². The van der Waals surface area contributed by atoms with Gasteiger partial charge < -0.3 is 0 Å². The van der Waals surface area contributed by atoms with Crippen LogP contribution < -0.4 is 0 Å². The van der Waals surface area contributed by atoms with E-state index in [2.05, 4.69) is 6.07 Å². The van der Waals surface area contributed by atoms with Gasteiger partial charge in [-0.3, -0.25) is 0 Å². The van der Waals surface area contributed by atoms with Crippen molar-refractivity contribution in [1.82, 2.24) is 0 Å². The van der Waals surface area contributed by atoms with E-state index in [0.29, 0.717) is 0 Å². The molecule has 1 aromatic rings. The molecule has 0 N–H and O–H groups in total. The van der Waals surface area contributed by atoms with Crippen molar-refractivity contribution >= 4 is 0 Å². The van der Waals surface area contributed by atoms with Gasteiger partial charge in [0, 0.05) is 0 Å². The van der Waals surface area contributed by atoms with E-state index < -0.39 is 0 Å². The van der Waals surface area contributed by atoms with Gasteiger partial charge in [-0.25, -0.2) is 4.39 Å². The van der Waals surface area contributed by atoms with E-state index in [1.807, 2.05) is 13.8 Å². The largest absolute Gasteiger partial charge is 0.207 e. The average Bonchev–Trinajstić information content (AvgIpc) is 1.88. The van der Waals surface area contributed by atoms with Crippen molar-refractivity contribution in [3.05, 3.63) is 35.6 Å². The van der Waals surface area contributed by atoms with E-state index in [-0.39, 0.29) is 11.7 Å². The van der Waals surface area contributed by atoms with Crippen molar-refractivity contribution in [2.75, 3.05) is 0 Å². The zero-order valence-corrected chi connectivity index (χ0v) is 6.19. The minimum absolute atomic E-state index is 0.155. The predicted molar refractivity (Wildman–Crippen MR) is 39.3 cm³/mol.